The summed E-state index contributed by atoms with van der Waals surface area (Å²) in [5.74, 6) is -0.837. The number of carbonyl (C=O) groups excluding carboxylic acids is 1. The molecule has 0 aliphatic rings. The summed E-state index contributed by atoms with van der Waals surface area (Å²) in [7, 11) is 0. The number of hydrogen-bond donors (Lipinski definition) is 1. The first-order valence-electron chi connectivity index (χ1n) is 5.76. The highest BCUT2D eigenvalue weighted by Crippen LogP contribution is 2.23. The minimum atomic E-state index is -0.854. The Morgan fingerprint density at radius 2 is 2.11 bits per heavy atom. The molecule has 1 rings (SSSR count). The second-order valence-electron chi connectivity index (χ2n) is 3.86. The molecule has 6 heteroatoms. The van der Waals surface area contributed by atoms with Crippen molar-refractivity contribution in [2.24, 2.45) is 0 Å². The lowest BCUT2D eigenvalue weighted by atomic mass is 10.2. The zero-order valence-corrected chi connectivity index (χ0v) is 12.6. The minimum Gasteiger partial charge on any atom is -0.481 e. The molecule has 1 N–H and O–H groups in total. The lowest BCUT2D eigenvalue weighted by Crippen LogP contribution is -2.29. The molecule has 0 unspecified atom stereocenters. The highest BCUT2D eigenvalue weighted by molar-refractivity contribution is 9.11. The van der Waals surface area contributed by atoms with Gasteiger partial charge in [0.15, 0.2) is 0 Å². The lowest BCUT2D eigenvalue weighted by Gasteiger charge is -2.19. The summed E-state index contributed by atoms with van der Waals surface area (Å²) in [6, 6.07) is 3.95. The van der Waals surface area contributed by atoms with Gasteiger partial charge in [0.2, 0.25) is 5.91 Å². The summed E-state index contributed by atoms with van der Waals surface area (Å²) in [6.45, 7) is 3.16. The molecule has 0 aliphatic heterocycles. The van der Waals surface area contributed by atoms with E-state index in [9.17, 15) is 9.59 Å². The highest BCUT2D eigenvalue weighted by atomic mass is 79.9. The highest BCUT2D eigenvalue weighted by Gasteiger charge is 2.13. The second-order valence-corrected chi connectivity index (χ2v) is 6.41. The largest absolute Gasteiger partial charge is 0.481 e. The van der Waals surface area contributed by atoms with Crippen LogP contribution in [0.15, 0.2) is 15.9 Å². The molecule has 1 amide bonds. The molecule has 0 radical (unpaired) electrons. The van der Waals surface area contributed by atoms with Gasteiger partial charge in [0.05, 0.1) is 10.3 Å². The standard InChI is InChI=1S/C12H16BrNO3S/c1-2-14(8-9-6-7-10(13)18-9)11(15)4-3-5-12(16)17/h6-7H,2-5,8H2,1H3,(H,16,17). The van der Waals surface area contributed by atoms with Crippen LogP contribution in [0.4, 0.5) is 0 Å². The number of carboxylic acid groups (broad SMARTS) is 1. The molecule has 0 atom stereocenters. The fourth-order valence-corrected chi connectivity index (χ4v) is 3.05. The van der Waals surface area contributed by atoms with Gasteiger partial charge < -0.3 is 10.0 Å². The van der Waals surface area contributed by atoms with E-state index in [0.29, 0.717) is 25.9 Å². The van der Waals surface area contributed by atoms with Crippen molar-refractivity contribution in [2.75, 3.05) is 6.54 Å². The van der Waals surface area contributed by atoms with E-state index in [0.717, 1.165) is 8.66 Å². The zero-order valence-electron chi connectivity index (χ0n) is 10.2. The Bertz CT molecular complexity index is 419. The van der Waals surface area contributed by atoms with Crippen molar-refractivity contribution in [3.05, 3.63) is 20.8 Å². The maximum Gasteiger partial charge on any atom is 0.303 e. The van der Waals surface area contributed by atoms with Crippen molar-refractivity contribution >= 4 is 39.1 Å². The Hall–Kier alpha value is -0.880. The van der Waals surface area contributed by atoms with E-state index in [4.69, 9.17) is 5.11 Å². The van der Waals surface area contributed by atoms with E-state index < -0.39 is 5.97 Å². The Balaban J connectivity index is 2.44. The van der Waals surface area contributed by atoms with Crippen molar-refractivity contribution in [1.29, 1.82) is 0 Å². The molecule has 1 aromatic heterocycles. The van der Waals surface area contributed by atoms with Crippen molar-refractivity contribution in [3.8, 4) is 0 Å². The van der Waals surface area contributed by atoms with Crippen LogP contribution in [0.1, 0.15) is 31.1 Å². The van der Waals surface area contributed by atoms with Crippen LogP contribution in [0.5, 0.6) is 0 Å². The molecule has 0 saturated carbocycles. The smallest absolute Gasteiger partial charge is 0.303 e. The van der Waals surface area contributed by atoms with E-state index in [1.54, 1.807) is 16.2 Å². The molecule has 18 heavy (non-hydrogen) atoms. The SMILES string of the molecule is CCN(Cc1ccc(Br)s1)C(=O)CCCC(=O)O. The number of carbonyl (C=O) groups is 2. The first kappa shape index (κ1) is 15.2. The molecule has 0 bridgehead atoms. The minimum absolute atomic E-state index is 0.0169. The second kappa shape index (κ2) is 7.53. The van der Waals surface area contributed by atoms with Crippen molar-refractivity contribution in [1.82, 2.24) is 4.90 Å². The number of halogens is 1. The predicted octanol–water partition coefficient (Wildman–Crippen LogP) is 3.11. The Morgan fingerprint density at radius 1 is 1.39 bits per heavy atom. The quantitative estimate of drug-likeness (QED) is 0.833. The summed E-state index contributed by atoms with van der Waals surface area (Å²) >= 11 is 4.99. The number of amides is 1. The fourth-order valence-electron chi connectivity index (χ4n) is 1.55. The summed E-state index contributed by atoms with van der Waals surface area (Å²) in [4.78, 5) is 25.1. The number of rotatable bonds is 7. The fraction of sp³-hybridized carbons (Fsp3) is 0.500. The molecular weight excluding hydrogens is 318 g/mol. The third kappa shape index (κ3) is 5.18. The van der Waals surface area contributed by atoms with Crippen LogP contribution < -0.4 is 0 Å². The van der Waals surface area contributed by atoms with Crippen LogP contribution in [-0.2, 0) is 16.1 Å². The number of hydrogen-bond acceptors (Lipinski definition) is 3. The third-order valence-electron chi connectivity index (χ3n) is 2.49. The number of aliphatic carboxylic acids is 1. The zero-order chi connectivity index (χ0) is 13.5. The van der Waals surface area contributed by atoms with Crippen LogP contribution in [0.2, 0.25) is 0 Å². The van der Waals surface area contributed by atoms with Gasteiger partial charge in [-0.3, -0.25) is 9.59 Å². The van der Waals surface area contributed by atoms with E-state index >= 15 is 0 Å². The van der Waals surface area contributed by atoms with Gasteiger partial charge in [-0.2, -0.15) is 0 Å². The van der Waals surface area contributed by atoms with Crippen LogP contribution >= 0.6 is 27.3 Å². The lowest BCUT2D eigenvalue weighted by molar-refractivity contribution is -0.137. The number of thiophene rings is 1. The Morgan fingerprint density at radius 3 is 2.61 bits per heavy atom. The first-order valence-corrected chi connectivity index (χ1v) is 7.37. The summed E-state index contributed by atoms with van der Waals surface area (Å²) in [5.41, 5.74) is 0. The molecule has 4 nitrogen and oxygen atoms in total. The molecule has 1 heterocycles. The molecular formula is C12H16BrNO3S. The molecule has 0 fully saturated rings. The van der Waals surface area contributed by atoms with Gasteiger partial charge in [-0.15, -0.1) is 11.3 Å². The van der Waals surface area contributed by atoms with Gasteiger partial charge in [0, 0.05) is 24.3 Å². The van der Waals surface area contributed by atoms with Crippen LogP contribution in [0, 0.1) is 0 Å². The van der Waals surface area contributed by atoms with E-state index in [1.165, 1.54) is 0 Å². The van der Waals surface area contributed by atoms with Gasteiger partial charge in [0.1, 0.15) is 0 Å². The Kier molecular flexibility index (Phi) is 6.35. The van der Waals surface area contributed by atoms with Gasteiger partial charge >= 0.3 is 5.97 Å². The number of carboxylic acids is 1. The maximum absolute atomic E-state index is 11.9. The molecule has 0 spiro atoms. The van der Waals surface area contributed by atoms with Gasteiger partial charge in [0.25, 0.3) is 0 Å². The Labute approximate surface area is 119 Å². The van der Waals surface area contributed by atoms with Gasteiger partial charge in [-0.1, -0.05) is 0 Å². The van der Waals surface area contributed by atoms with Crippen molar-refractivity contribution < 1.29 is 14.7 Å². The molecule has 0 aliphatic carbocycles. The van der Waals surface area contributed by atoms with Crippen LogP contribution in [0.3, 0.4) is 0 Å². The van der Waals surface area contributed by atoms with Crippen molar-refractivity contribution in [3.63, 3.8) is 0 Å². The first-order chi connectivity index (χ1) is 8.52. The summed E-state index contributed by atoms with van der Waals surface area (Å²) in [5, 5.41) is 8.53. The molecule has 100 valence electrons. The van der Waals surface area contributed by atoms with E-state index in [1.807, 2.05) is 19.1 Å². The average Bonchev–Trinajstić information content (AvgIpc) is 2.71. The van der Waals surface area contributed by atoms with Gasteiger partial charge in [-0.25, -0.2) is 0 Å². The molecule has 0 aromatic carbocycles. The molecule has 1 aromatic rings. The van der Waals surface area contributed by atoms with Crippen LogP contribution in [0.25, 0.3) is 0 Å². The maximum atomic E-state index is 11.9. The van der Waals surface area contributed by atoms with E-state index in [2.05, 4.69) is 15.9 Å². The normalized spacial score (nSPS) is 10.3. The predicted molar refractivity (Wildman–Crippen MR) is 74.6 cm³/mol. The average molecular weight is 334 g/mol. The van der Waals surface area contributed by atoms with Crippen LogP contribution in [-0.4, -0.2) is 28.4 Å². The molecule has 0 saturated heterocycles. The monoisotopic (exact) mass is 333 g/mol. The van der Waals surface area contributed by atoms with Gasteiger partial charge in [-0.05, 0) is 41.4 Å². The third-order valence-corrected chi connectivity index (χ3v) is 4.10. The summed E-state index contributed by atoms with van der Waals surface area (Å²) < 4.78 is 1.05. The summed E-state index contributed by atoms with van der Waals surface area (Å²) in [6.07, 6.45) is 0.749. The van der Waals surface area contributed by atoms with E-state index in [-0.39, 0.29) is 12.3 Å². The topological polar surface area (TPSA) is 57.6 Å². The van der Waals surface area contributed by atoms with Crippen molar-refractivity contribution in [2.45, 2.75) is 32.7 Å². The number of nitrogens with zero attached hydrogens (tertiary/aromatic N) is 1.